The highest BCUT2D eigenvalue weighted by Gasteiger charge is 2.33. The Kier molecular flexibility index (Phi) is 5.59. The van der Waals surface area contributed by atoms with Crippen LogP contribution >= 0.6 is 29.8 Å². The summed E-state index contributed by atoms with van der Waals surface area (Å²) in [6, 6.07) is 10.8. The molecule has 0 bridgehead atoms. The zero-order valence-corrected chi connectivity index (χ0v) is 16.4. The first kappa shape index (κ1) is 18.5. The van der Waals surface area contributed by atoms with E-state index in [2.05, 4.69) is 0 Å². The Balaban J connectivity index is 1.98. The van der Waals surface area contributed by atoms with Gasteiger partial charge < -0.3 is 4.52 Å². The molecule has 0 radical (unpaired) electrons. The van der Waals surface area contributed by atoms with Crippen LogP contribution in [-0.4, -0.2) is 18.1 Å². The van der Waals surface area contributed by atoms with Crippen molar-refractivity contribution in [2.45, 2.75) is 20.3 Å². The van der Waals surface area contributed by atoms with Crippen LogP contribution in [0.3, 0.4) is 0 Å². The van der Waals surface area contributed by atoms with E-state index in [-0.39, 0.29) is 23.2 Å². The van der Waals surface area contributed by atoms with E-state index < -0.39 is 6.80 Å². The number of halogens is 1. The monoisotopic (exact) mass is 396 g/mol. The molecule has 25 heavy (non-hydrogen) atoms. The Morgan fingerprint density at radius 1 is 1.08 bits per heavy atom. The maximum atomic E-state index is 12.9. The fourth-order valence-corrected chi connectivity index (χ4v) is 6.49. The van der Waals surface area contributed by atoms with Crippen molar-refractivity contribution in [1.82, 2.24) is 0 Å². The minimum atomic E-state index is -3.38. The van der Waals surface area contributed by atoms with Crippen LogP contribution in [0.5, 0.6) is 5.75 Å². The van der Waals surface area contributed by atoms with Crippen molar-refractivity contribution in [2.24, 2.45) is 0 Å². The molecule has 0 fully saturated rings. The summed E-state index contributed by atoms with van der Waals surface area (Å²) < 4.78 is 23.9. The number of fused-ring (bicyclic) bond motifs is 3. The maximum absolute atomic E-state index is 12.9. The third-order valence-corrected chi connectivity index (χ3v) is 8.06. The van der Waals surface area contributed by atoms with Crippen LogP contribution in [-0.2, 0) is 9.09 Å². The van der Waals surface area contributed by atoms with Crippen molar-refractivity contribution in [3.8, 4) is 16.9 Å². The van der Waals surface area contributed by atoms with Gasteiger partial charge in [0.25, 0.3) is 0 Å². The van der Waals surface area contributed by atoms with Crippen LogP contribution in [0.15, 0.2) is 36.4 Å². The van der Waals surface area contributed by atoms with E-state index in [1.54, 1.807) is 25.1 Å². The van der Waals surface area contributed by atoms with Gasteiger partial charge >= 0.3 is 6.80 Å². The Bertz CT molecular complexity index is 868. The summed E-state index contributed by atoms with van der Waals surface area (Å²) in [5, 5.41) is 0.177. The molecule has 0 aliphatic heterocycles. The van der Waals surface area contributed by atoms with E-state index >= 15 is 0 Å². The number of hydrogen-bond donors (Lipinski definition) is 0. The zero-order valence-electron chi connectivity index (χ0n) is 14.0. The van der Waals surface area contributed by atoms with Gasteiger partial charge in [-0.3, -0.25) is 9.32 Å². The summed E-state index contributed by atoms with van der Waals surface area (Å²) in [6.07, 6.45) is 0.844. The zero-order chi connectivity index (χ0) is 18.0. The number of benzene rings is 2. The first-order chi connectivity index (χ1) is 12.0. The molecule has 3 rings (SSSR count). The predicted octanol–water partition coefficient (Wildman–Crippen LogP) is 6.22. The summed E-state index contributed by atoms with van der Waals surface area (Å²) in [5.74, 6) is 0.708. The number of carbonyl (C=O) groups is 1. The smallest absolute Gasteiger partial charge is 0.415 e. The molecular formula is C18H18ClO4PS. The molecule has 0 saturated carbocycles. The van der Waals surface area contributed by atoms with E-state index in [1.165, 1.54) is 0 Å². The molecule has 1 atom stereocenters. The van der Waals surface area contributed by atoms with Crippen LogP contribution in [0.2, 0.25) is 5.02 Å². The van der Waals surface area contributed by atoms with E-state index in [0.717, 1.165) is 28.9 Å². The van der Waals surface area contributed by atoms with Gasteiger partial charge in [-0.05, 0) is 48.0 Å². The summed E-state index contributed by atoms with van der Waals surface area (Å²) in [7, 11) is 0. The third-order valence-electron chi connectivity index (χ3n) is 3.75. The molecule has 1 aliphatic carbocycles. The van der Waals surface area contributed by atoms with Crippen LogP contribution in [0.1, 0.15) is 36.2 Å². The Morgan fingerprint density at radius 3 is 2.48 bits per heavy atom. The quantitative estimate of drug-likeness (QED) is 0.444. The van der Waals surface area contributed by atoms with Gasteiger partial charge in [0.15, 0.2) is 5.78 Å². The molecule has 2 aromatic rings. The van der Waals surface area contributed by atoms with Crippen LogP contribution < -0.4 is 4.52 Å². The van der Waals surface area contributed by atoms with Gasteiger partial charge in [0.05, 0.1) is 17.2 Å². The Morgan fingerprint density at radius 2 is 1.80 bits per heavy atom. The normalized spacial score (nSPS) is 14.8. The lowest BCUT2D eigenvalue weighted by Crippen LogP contribution is -2.00. The van der Waals surface area contributed by atoms with Crippen molar-refractivity contribution in [3.63, 3.8) is 0 Å². The topological polar surface area (TPSA) is 52.6 Å². The average molecular weight is 397 g/mol. The fourth-order valence-electron chi connectivity index (χ4n) is 2.70. The number of rotatable bonds is 7. The fraction of sp³-hybridized carbons (Fsp3) is 0.278. The molecular weight excluding hydrogens is 379 g/mol. The molecule has 0 heterocycles. The molecule has 0 saturated heterocycles. The summed E-state index contributed by atoms with van der Waals surface area (Å²) in [5.41, 5.74) is 2.63. The van der Waals surface area contributed by atoms with Gasteiger partial charge in [-0.1, -0.05) is 42.8 Å². The van der Waals surface area contributed by atoms with Crippen molar-refractivity contribution in [1.29, 1.82) is 0 Å². The lowest BCUT2D eigenvalue weighted by atomic mass is 10.1. The minimum absolute atomic E-state index is 0.145. The van der Waals surface area contributed by atoms with E-state index in [4.69, 9.17) is 20.6 Å². The largest absolute Gasteiger partial charge is 0.440 e. The molecule has 1 aliphatic rings. The first-order valence-corrected chi connectivity index (χ1v) is 11.6. The minimum Gasteiger partial charge on any atom is -0.415 e. The van der Waals surface area contributed by atoms with Crippen molar-refractivity contribution in [3.05, 3.63) is 52.5 Å². The molecule has 0 spiro atoms. The SMILES string of the molecule is CCCSP(=O)(OCC)Oc1ccc2c(c1Cl)C(=O)c1ccccc1-2. The van der Waals surface area contributed by atoms with Gasteiger partial charge in [-0.2, -0.15) is 0 Å². The summed E-state index contributed by atoms with van der Waals surface area (Å²) in [4.78, 5) is 12.7. The lowest BCUT2D eigenvalue weighted by molar-refractivity contribution is 0.104. The highest BCUT2D eigenvalue weighted by Crippen LogP contribution is 2.61. The maximum Gasteiger partial charge on any atom is 0.440 e. The average Bonchev–Trinajstić information content (AvgIpc) is 2.90. The van der Waals surface area contributed by atoms with Gasteiger partial charge in [0, 0.05) is 11.3 Å². The highest BCUT2D eigenvalue weighted by molar-refractivity contribution is 8.55. The third kappa shape index (κ3) is 3.52. The van der Waals surface area contributed by atoms with Crippen LogP contribution in [0.4, 0.5) is 0 Å². The second kappa shape index (κ2) is 7.55. The second-order valence-electron chi connectivity index (χ2n) is 5.46. The van der Waals surface area contributed by atoms with Gasteiger partial charge in [0.1, 0.15) is 5.75 Å². The van der Waals surface area contributed by atoms with Crippen molar-refractivity contribution in [2.75, 3.05) is 12.4 Å². The first-order valence-electron chi connectivity index (χ1n) is 8.06. The van der Waals surface area contributed by atoms with E-state index in [1.807, 2.05) is 25.1 Å². The Hall–Kier alpha value is -1.26. The van der Waals surface area contributed by atoms with Gasteiger partial charge in [0.2, 0.25) is 0 Å². The predicted molar refractivity (Wildman–Crippen MR) is 103 cm³/mol. The molecule has 0 amide bonds. The summed E-state index contributed by atoms with van der Waals surface area (Å²) in [6.45, 7) is 0.627. The van der Waals surface area contributed by atoms with Crippen LogP contribution in [0.25, 0.3) is 11.1 Å². The van der Waals surface area contributed by atoms with Crippen LogP contribution in [0, 0.1) is 0 Å². The molecule has 7 heteroatoms. The molecule has 2 aromatic carbocycles. The Labute approximate surface area is 156 Å². The van der Waals surface area contributed by atoms with Crippen molar-refractivity contribution < 1.29 is 18.4 Å². The number of ketones is 1. The number of carbonyl (C=O) groups excluding carboxylic acids is 1. The van der Waals surface area contributed by atoms with Gasteiger partial charge in [-0.25, -0.2) is 4.57 Å². The molecule has 4 nitrogen and oxygen atoms in total. The molecule has 0 aromatic heterocycles. The van der Waals surface area contributed by atoms with E-state index in [9.17, 15) is 9.36 Å². The summed E-state index contributed by atoms with van der Waals surface area (Å²) >= 11 is 7.59. The second-order valence-corrected chi connectivity index (χ2v) is 9.96. The number of hydrogen-bond acceptors (Lipinski definition) is 5. The van der Waals surface area contributed by atoms with E-state index in [0.29, 0.717) is 16.9 Å². The molecule has 0 N–H and O–H groups in total. The van der Waals surface area contributed by atoms with Gasteiger partial charge in [-0.15, -0.1) is 0 Å². The highest BCUT2D eigenvalue weighted by atomic mass is 35.5. The lowest BCUT2D eigenvalue weighted by Gasteiger charge is -2.19. The molecule has 1 unspecified atom stereocenters. The molecule has 132 valence electrons. The standard InChI is InChI=1S/C18H18ClO4PS/c1-3-11-25-24(21,22-4-2)23-15-10-9-13-12-7-5-6-8-14(12)18(20)16(13)17(15)19/h5-10H,3-4,11H2,1-2H3. The van der Waals surface area contributed by atoms with Crippen molar-refractivity contribution >= 4 is 35.6 Å².